The van der Waals surface area contributed by atoms with Gasteiger partial charge in [0.1, 0.15) is 0 Å². The molecule has 1 aromatic heterocycles. The van der Waals surface area contributed by atoms with Gasteiger partial charge in [-0.15, -0.1) is 0 Å². The summed E-state index contributed by atoms with van der Waals surface area (Å²) in [5, 5.41) is 7.01. The van der Waals surface area contributed by atoms with E-state index in [0.717, 1.165) is 25.7 Å². The van der Waals surface area contributed by atoms with E-state index in [9.17, 15) is 9.59 Å². The third-order valence-corrected chi connectivity index (χ3v) is 3.74. The fourth-order valence-corrected chi connectivity index (χ4v) is 2.64. The molecule has 0 radical (unpaired) electrons. The molecule has 3 N–H and O–H groups in total. The molecule has 7 nitrogen and oxygen atoms in total. The summed E-state index contributed by atoms with van der Waals surface area (Å²) in [5.41, 5.74) is 7.04. The van der Waals surface area contributed by atoms with E-state index in [1.165, 1.54) is 4.68 Å². The zero-order valence-corrected chi connectivity index (χ0v) is 12.5. The molecule has 1 heterocycles. The Kier molecular flexibility index (Phi) is 4.82. The number of aromatic nitrogens is 2. The van der Waals surface area contributed by atoms with Crippen molar-refractivity contribution in [2.45, 2.75) is 45.1 Å². The van der Waals surface area contributed by atoms with Gasteiger partial charge in [-0.25, -0.2) is 4.79 Å². The van der Waals surface area contributed by atoms with Crippen LogP contribution >= 0.6 is 0 Å². The van der Waals surface area contributed by atoms with Gasteiger partial charge < -0.3 is 15.8 Å². The van der Waals surface area contributed by atoms with Crippen LogP contribution in [0.3, 0.4) is 0 Å². The third kappa shape index (κ3) is 3.53. The molecule has 1 aliphatic carbocycles. The van der Waals surface area contributed by atoms with Gasteiger partial charge in [0, 0.05) is 13.1 Å². The highest BCUT2D eigenvalue weighted by atomic mass is 16.5. The number of nitrogens with two attached hydrogens (primary N) is 1. The lowest BCUT2D eigenvalue weighted by Gasteiger charge is -2.12. The SMILES string of the molecule is CCc1nn(C)c(C(=O)OCC(=O)NC2CCCC2)c1N. The Labute approximate surface area is 123 Å². The third-order valence-electron chi connectivity index (χ3n) is 3.74. The van der Waals surface area contributed by atoms with Crippen LogP contribution in [0.2, 0.25) is 0 Å². The fraction of sp³-hybridized carbons (Fsp3) is 0.643. The Morgan fingerprint density at radius 3 is 2.67 bits per heavy atom. The topological polar surface area (TPSA) is 99.2 Å². The Bertz CT molecular complexity index is 533. The minimum absolute atomic E-state index is 0.195. The number of nitrogens with zero attached hydrogens (tertiary/aromatic N) is 2. The van der Waals surface area contributed by atoms with Crippen molar-refractivity contribution in [2.75, 3.05) is 12.3 Å². The van der Waals surface area contributed by atoms with Crippen LogP contribution in [-0.2, 0) is 23.0 Å². The largest absolute Gasteiger partial charge is 0.451 e. The Hall–Kier alpha value is -2.05. The van der Waals surface area contributed by atoms with Crippen LogP contribution in [0.15, 0.2) is 0 Å². The first-order valence-corrected chi connectivity index (χ1v) is 7.30. The number of carbonyl (C=O) groups excluding carboxylic acids is 2. The predicted molar refractivity (Wildman–Crippen MR) is 77.7 cm³/mol. The van der Waals surface area contributed by atoms with Gasteiger partial charge in [0.15, 0.2) is 12.3 Å². The number of anilines is 1. The molecule has 1 aliphatic rings. The highest BCUT2D eigenvalue weighted by Gasteiger charge is 2.22. The van der Waals surface area contributed by atoms with Crippen LogP contribution in [0, 0.1) is 0 Å². The fourth-order valence-electron chi connectivity index (χ4n) is 2.64. The number of nitrogen functional groups attached to an aromatic ring is 1. The molecule has 7 heteroatoms. The van der Waals surface area contributed by atoms with Gasteiger partial charge in [-0.05, 0) is 19.3 Å². The molecular weight excluding hydrogens is 272 g/mol. The van der Waals surface area contributed by atoms with E-state index in [-0.39, 0.29) is 24.2 Å². The quantitative estimate of drug-likeness (QED) is 0.782. The summed E-state index contributed by atoms with van der Waals surface area (Å²) >= 11 is 0. The summed E-state index contributed by atoms with van der Waals surface area (Å²) in [4.78, 5) is 23.7. The standard InChI is InChI=1S/C14H22N4O3/c1-3-10-12(15)13(18(2)17-10)14(20)21-8-11(19)16-9-6-4-5-7-9/h9H,3-8,15H2,1-2H3,(H,16,19). The van der Waals surface area contributed by atoms with Crippen LogP contribution in [-0.4, -0.2) is 34.3 Å². The molecule has 0 atom stereocenters. The average Bonchev–Trinajstić information content (AvgIpc) is 3.04. The number of hydrogen-bond donors (Lipinski definition) is 2. The smallest absolute Gasteiger partial charge is 0.359 e. The first-order chi connectivity index (χ1) is 10.0. The summed E-state index contributed by atoms with van der Waals surface area (Å²) in [6.07, 6.45) is 4.89. The second-order valence-electron chi connectivity index (χ2n) is 5.31. The number of ether oxygens (including phenoxy) is 1. The lowest BCUT2D eigenvalue weighted by molar-refractivity contribution is -0.124. The lowest BCUT2D eigenvalue weighted by atomic mass is 10.2. The van der Waals surface area contributed by atoms with E-state index in [1.807, 2.05) is 6.92 Å². The molecule has 1 aromatic rings. The Morgan fingerprint density at radius 2 is 2.10 bits per heavy atom. The van der Waals surface area contributed by atoms with E-state index < -0.39 is 5.97 Å². The zero-order chi connectivity index (χ0) is 15.4. The summed E-state index contributed by atoms with van der Waals surface area (Å²) in [6, 6.07) is 0.213. The molecule has 2 rings (SSSR count). The van der Waals surface area contributed by atoms with Gasteiger partial charge >= 0.3 is 5.97 Å². The van der Waals surface area contributed by atoms with E-state index in [4.69, 9.17) is 10.5 Å². The molecule has 1 saturated carbocycles. The molecule has 0 saturated heterocycles. The number of aryl methyl sites for hydroxylation is 2. The number of esters is 1. The van der Waals surface area contributed by atoms with E-state index in [0.29, 0.717) is 17.8 Å². The van der Waals surface area contributed by atoms with Crippen LogP contribution in [0.4, 0.5) is 5.69 Å². The summed E-state index contributed by atoms with van der Waals surface area (Å²) in [5.74, 6) is -0.893. The Balaban J connectivity index is 1.89. The van der Waals surface area contributed by atoms with Gasteiger partial charge in [0.2, 0.25) is 0 Å². The van der Waals surface area contributed by atoms with Crippen molar-refractivity contribution < 1.29 is 14.3 Å². The zero-order valence-electron chi connectivity index (χ0n) is 12.5. The molecular formula is C14H22N4O3. The van der Waals surface area contributed by atoms with Crippen LogP contribution < -0.4 is 11.1 Å². The monoisotopic (exact) mass is 294 g/mol. The van der Waals surface area contributed by atoms with Crippen molar-refractivity contribution in [1.29, 1.82) is 0 Å². The first kappa shape index (κ1) is 15.3. The maximum Gasteiger partial charge on any atom is 0.359 e. The minimum atomic E-state index is -0.622. The van der Waals surface area contributed by atoms with Crippen LogP contribution in [0.1, 0.15) is 48.8 Å². The number of nitrogens with one attached hydrogen (secondary N) is 1. The molecule has 1 amide bonds. The minimum Gasteiger partial charge on any atom is -0.451 e. The van der Waals surface area contributed by atoms with Gasteiger partial charge in [-0.2, -0.15) is 5.10 Å². The van der Waals surface area contributed by atoms with Gasteiger partial charge in [-0.3, -0.25) is 9.48 Å². The highest BCUT2D eigenvalue weighted by Crippen LogP contribution is 2.18. The van der Waals surface area contributed by atoms with E-state index in [1.54, 1.807) is 7.05 Å². The van der Waals surface area contributed by atoms with Crippen molar-refractivity contribution in [3.05, 3.63) is 11.4 Å². The number of carbonyl (C=O) groups is 2. The van der Waals surface area contributed by atoms with Crippen molar-refractivity contribution in [1.82, 2.24) is 15.1 Å². The van der Waals surface area contributed by atoms with Gasteiger partial charge in [-0.1, -0.05) is 19.8 Å². The maximum atomic E-state index is 12.0. The predicted octanol–water partition coefficient (Wildman–Crippen LogP) is 0.780. The summed E-state index contributed by atoms with van der Waals surface area (Å²) in [7, 11) is 1.63. The van der Waals surface area contributed by atoms with Crippen molar-refractivity contribution in [3.63, 3.8) is 0 Å². The molecule has 0 aliphatic heterocycles. The van der Waals surface area contributed by atoms with Gasteiger partial charge in [0.25, 0.3) is 5.91 Å². The number of hydrogen-bond acceptors (Lipinski definition) is 5. The summed E-state index contributed by atoms with van der Waals surface area (Å²) in [6.45, 7) is 1.62. The summed E-state index contributed by atoms with van der Waals surface area (Å²) < 4.78 is 6.42. The van der Waals surface area contributed by atoms with Crippen molar-refractivity contribution in [3.8, 4) is 0 Å². The number of amides is 1. The molecule has 1 fully saturated rings. The van der Waals surface area contributed by atoms with E-state index in [2.05, 4.69) is 10.4 Å². The normalized spacial score (nSPS) is 15.1. The molecule has 0 unspecified atom stereocenters. The Morgan fingerprint density at radius 1 is 1.43 bits per heavy atom. The average molecular weight is 294 g/mol. The number of rotatable bonds is 5. The molecule has 21 heavy (non-hydrogen) atoms. The van der Waals surface area contributed by atoms with Crippen molar-refractivity contribution in [2.24, 2.45) is 7.05 Å². The second kappa shape index (κ2) is 6.60. The second-order valence-corrected chi connectivity index (χ2v) is 5.31. The van der Waals surface area contributed by atoms with Crippen molar-refractivity contribution >= 4 is 17.6 Å². The lowest BCUT2D eigenvalue weighted by Crippen LogP contribution is -2.36. The van der Waals surface area contributed by atoms with E-state index >= 15 is 0 Å². The van der Waals surface area contributed by atoms with Crippen LogP contribution in [0.5, 0.6) is 0 Å². The molecule has 0 aromatic carbocycles. The molecule has 0 spiro atoms. The van der Waals surface area contributed by atoms with Crippen LogP contribution in [0.25, 0.3) is 0 Å². The molecule has 0 bridgehead atoms. The van der Waals surface area contributed by atoms with Gasteiger partial charge in [0.05, 0.1) is 11.4 Å². The molecule has 116 valence electrons. The highest BCUT2D eigenvalue weighted by molar-refractivity contribution is 5.95. The first-order valence-electron chi connectivity index (χ1n) is 7.30. The maximum absolute atomic E-state index is 12.0.